The van der Waals surface area contributed by atoms with Crippen molar-refractivity contribution < 1.29 is 4.74 Å². The first-order chi connectivity index (χ1) is 16.8. The first kappa shape index (κ1) is 23.5. The standard InChI is InChI=1S/C29H35N5O/c1-18(2)28-20(4)31-27(17-33(5)6)32-29(28)34-11-12-35-26-10-9-21(14-24(26)16-34)22-7-8-23-13-19(3)30-25(23)15-22/h7-10,14-15,18H,11-13,16-17H2,1-6H3. The van der Waals surface area contributed by atoms with Gasteiger partial charge in [-0.3, -0.25) is 4.99 Å². The largest absolute Gasteiger partial charge is 0.491 e. The summed E-state index contributed by atoms with van der Waals surface area (Å²) in [6.07, 6.45) is 0.953. The van der Waals surface area contributed by atoms with E-state index in [2.05, 4.69) is 88.0 Å². The monoisotopic (exact) mass is 469 g/mol. The Morgan fingerprint density at radius 2 is 1.77 bits per heavy atom. The molecule has 0 spiro atoms. The number of benzene rings is 2. The molecule has 0 bridgehead atoms. The summed E-state index contributed by atoms with van der Waals surface area (Å²) < 4.78 is 6.19. The molecule has 0 radical (unpaired) electrons. The van der Waals surface area contributed by atoms with Crippen molar-refractivity contribution in [3.8, 4) is 16.9 Å². The Hall–Kier alpha value is -3.25. The summed E-state index contributed by atoms with van der Waals surface area (Å²) in [6.45, 7) is 11.5. The van der Waals surface area contributed by atoms with Gasteiger partial charge in [0.2, 0.25) is 0 Å². The molecule has 6 nitrogen and oxygen atoms in total. The van der Waals surface area contributed by atoms with Crippen LogP contribution in [0.3, 0.4) is 0 Å². The predicted molar refractivity (Wildman–Crippen MR) is 143 cm³/mol. The molecule has 0 fully saturated rings. The third-order valence-electron chi connectivity index (χ3n) is 6.71. The Morgan fingerprint density at radius 3 is 2.54 bits per heavy atom. The van der Waals surface area contributed by atoms with E-state index in [1.807, 2.05) is 0 Å². The van der Waals surface area contributed by atoms with Crippen LogP contribution in [0.5, 0.6) is 5.75 Å². The molecular formula is C29H35N5O. The molecule has 3 aromatic rings. The second-order valence-corrected chi connectivity index (χ2v) is 10.3. The third kappa shape index (κ3) is 4.80. The van der Waals surface area contributed by atoms with Crippen molar-refractivity contribution >= 4 is 17.2 Å². The summed E-state index contributed by atoms with van der Waals surface area (Å²) in [6, 6.07) is 13.2. The van der Waals surface area contributed by atoms with E-state index in [9.17, 15) is 0 Å². The van der Waals surface area contributed by atoms with Crippen molar-refractivity contribution in [1.82, 2.24) is 14.9 Å². The first-order valence-corrected chi connectivity index (χ1v) is 12.5. The average molecular weight is 470 g/mol. The van der Waals surface area contributed by atoms with E-state index in [1.54, 1.807) is 0 Å². The topological polar surface area (TPSA) is 53.9 Å². The van der Waals surface area contributed by atoms with Crippen LogP contribution in [0.1, 0.15) is 54.9 Å². The molecule has 0 amide bonds. The van der Waals surface area contributed by atoms with E-state index in [0.29, 0.717) is 12.5 Å². The van der Waals surface area contributed by atoms with E-state index >= 15 is 0 Å². The fourth-order valence-electron chi connectivity index (χ4n) is 5.17. The first-order valence-electron chi connectivity index (χ1n) is 12.5. The highest BCUT2D eigenvalue weighted by atomic mass is 16.5. The number of anilines is 1. The number of ether oxygens (including phenoxy) is 1. The van der Waals surface area contributed by atoms with Gasteiger partial charge in [0.05, 0.1) is 18.8 Å². The maximum absolute atomic E-state index is 6.19. The van der Waals surface area contributed by atoms with Gasteiger partial charge in [0.15, 0.2) is 0 Å². The molecule has 2 aromatic carbocycles. The molecule has 0 saturated heterocycles. The number of aromatic nitrogens is 2. The van der Waals surface area contributed by atoms with Crippen molar-refractivity contribution in [3.05, 3.63) is 64.6 Å². The van der Waals surface area contributed by atoms with Crippen LogP contribution in [0.4, 0.5) is 11.5 Å². The summed E-state index contributed by atoms with van der Waals surface area (Å²) in [5.74, 6) is 3.19. The minimum absolute atomic E-state index is 0.337. The predicted octanol–water partition coefficient (Wildman–Crippen LogP) is 5.68. The van der Waals surface area contributed by atoms with Crippen LogP contribution in [0.15, 0.2) is 41.4 Å². The number of hydrogen-bond donors (Lipinski definition) is 0. The lowest BCUT2D eigenvalue weighted by Gasteiger charge is -2.27. The fraction of sp³-hybridized carbons (Fsp3) is 0.414. The molecule has 0 saturated carbocycles. The molecule has 182 valence electrons. The molecule has 3 heterocycles. The molecule has 2 aliphatic rings. The van der Waals surface area contributed by atoms with Crippen LogP contribution in [-0.4, -0.2) is 47.8 Å². The number of aliphatic imine (C=N–C) groups is 1. The van der Waals surface area contributed by atoms with Gasteiger partial charge >= 0.3 is 0 Å². The van der Waals surface area contributed by atoms with Crippen molar-refractivity contribution in [2.45, 2.75) is 53.1 Å². The van der Waals surface area contributed by atoms with Gasteiger partial charge in [-0.1, -0.05) is 32.0 Å². The molecule has 0 atom stereocenters. The van der Waals surface area contributed by atoms with Gasteiger partial charge in [0, 0.05) is 35.5 Å². The molecule has 2 aliphatic heterocycles. The highest BCUT2D eigenvalue weighted by molar-refractivity contribution is 5.93. The lowest BCUT2D eigenvalue weighted by molar-refractivity contribution is 0.331. The fourth-order valence-corrected chi connectivity index (χ4v) is 5.17. The number of nitrogens with zero attached hydrogens (tertiary/aromatic N) is 5. The summed E-state index contributed by atoms with van der Waals surface area (Å²) >= 11 is 0. The zero-order chi connectivity index (χ0) is 24.7. The van der Waals surface area contributed by atoms with E-state index in [1.165, 1.54) is 33.5 Å². The summed E-state index contributed by atoms with van der Waals surface area (Å²) in [5, 5.41) is 0. The smallest absolute Gasteiger partial charge is 0.144 e. The number of aryl methyl sites for hydroxylation is 1. The number of fused-ring (bicyclic) bond motifs is 2. The highest BCUT2D eigenvalue weighted by Gasteiger charge is 2.24. The van der Waals surface area contributed by atoms with Crippen LogP contribution < -0.4 is 9.64 Å². The molecule has 0 aliphatic carbocycles. The molecule has 0 N–H and O–H groups in total. The second kappa shape index (κ2) is 9.42. The lowest BCUT2D eigenvalue weighted by atomic mass is 9.99. The Balaban J connectivity index is 1.52. The quantitative estimate of drug-likeness (QED) is 0.481. The minimum atomic E-state index is 0.337. The maximum Gasteiger partial charge on any atom is 0.144 e. The van der Waals surface area contributed by atoms with Gasteiger partial charge in [-0.25, -0.2) is 9.97 Å². The van der Waals surface area contributed by atoms with Gasteiger partial charge < -0.3 is 14.5 Å². The molecule has 1 aromatic heterocycles. The van der Waals surface area contributed by atoms with Crippen molar-refractivity contribution in [2.75, 3.05) is 32.1 Å². The van der Waals surface area contributed by atoms with E-state index in [4.69, 9.17) is 19.7 Å². The lowest BCUT2D eigenvalue weighted by Crippen LogP contribution is -2.29. The van der Waals surface area contributed by atoms with E-state index < -0.39 is 0 Å². The Labute approximate surface area is 208 Å². The van der Waals surface area contributed by atoms with Crippen LogP contribution in [0.2, 0.25) is 0 Å². The van der Waals surface area contributed by atoms with Crippen LogP contribution in [-0.2, 0) is 19.5 Å². The average Bonchev–Trinajstić information content (AvgIpc) is 3.03. The zero-order valence-corrected chi connectivity index (χ0v) is 21.7. The van der Waals surface area contributed by atoms with Gasteiger partial charge in [0.1, 0.15) is 24.0 Å². The highest BCUT2D eigenvalue weighted by Crippen LogP contribution is 2.36. The van der Waals surface area contributed by atoms with Crippen molar-refractivity contribution in [2.24, 2.45) is 4.99 Å². The number of rotatable bonds is 5. The maximum atomic E-state index is 6.19. The van der Waals surface area contributed by atoms with E-state index in [0.717, 1.165) is 54.8 Å². The Morgan fingerprint density at radius 1 is 1.00 bits per heavy atom. The molecule has 35 heavy (non-hydrogen) atoms. The SMILES string of the molecule is CC1=Nc2cc(-c3ccc4c(c3)CN(c3nc(CN(C)C)nc(C)c3C(C)C)CCO4)ccc2C1. The molecule has 6 heteroatoms. The molecular weight excluding hydrogens is 434 g/mol. The van der Waals surface area contributed by atoms with Crippen molar-refractivity contribution in [3.63, 3.8) is 0 Å². The van der Waals surface area contributed by atoms with Gasteiger partial charge in [0.25, 0.3) is 0 Å². The number of hydrogen-bond acceptors (Lipinski definition) is 6. The van der Waals surface area contributed by atoms with Crippen LogP contribution >= 0.6 is 0 Å². The summed E-state index contributed by atoms with van der Waals surface area (Å²) in [7, 11) is 4.11. The van der Waals surface area contributed by atoms with Gasteiger partial charge in [-0.15, -0.1) is 0 Å². The van der Waals surface area contributed by atoms with Gasteiger partial charge in [-0.2, -0.15) is 0 Å². The minimum Gasteiger partial charge on any atom is -0.491 e. The van der Waals surface area contributed by atoms with Crippen LogP contribution in [0, 0.1) is 6.92 Å². The normalized spacial score (nSPS) is 15.1. The second-order valence-electron chi connectivity index (χ2n) is 10.3. The Bertz CT molecular complexity index is 1290. The van der Waals surface area contributed by atoms with E-state index in [-0.39, 0.29) is 0 Å². The molecule has 5 rings (SSSR count). The Kier molecular flexibility index (Phi) is 6.32. The third-order valence-corrected chi connectivity index (χ3v) is 6.71. The van der Waals surface area contributed by atoms with Crippen molar-refractivity contribution in [1.29, 1.82) is 0 Å². The van der Waals surface area contributed by atoms with Crippen LogP contribution in [0.25, 0.3) is 11.1 Å². The summed E-state index contributed by atoms with van der Waals surface area (Å²) in [4.78, 5) is 19.1. The summed E-state index contributed by atoms with van der Waals surface area (Å²) in [5.41, 5.74) is 9.43. The molecule has 0 unspecified atom stereocenters. The zero-order valence-electron chi connectivity index (χ0n) is 21.7. The van der Waals surface area contributed by atoms with Gasteiger partial charge in [-0.05, 0) is 68.8 Å².